The Hall–Kier alpha value is -4.36. The second-order valence-electron chi connectivity index (χ2n) is 12.0. The number of hydrogen-bond acceptors (Lipinski definition) is 3. The van der Waals surface area contributed by atoms with Crippen LogP contribution in [0.25, 0.3) is 28.2 Å². The van der Waals surface area contributed by atoms with Crippen LogP contribution in [0.1, 0.15) is 78.8 Å². The van der Waals surface area contributed by atoms with Gasteiger partial charge in [-0.1, -0.05) is 67.6 Å². The molecule has 0 unspecified atom stereocenters. The molecule has 8 heteroatoms. The van der Waals surface area contributed by atoms with E-state index >= 15 is 0 Å². The SMILES string of the molecule is Cn1c(-c2ccc(Cl)cc2)c(C2CCCC2)c2ccc(C(=O)NC3(C(=O)Nc4ccc(/C=C/C(=O)O)cc4)CCCC3)cc21. The summed E-state index contributed by atoms with van der Waals surface area (Å²) >= 11 is 6.22. The lowest BCUT2D eigenvalue weighted by molar-refractivity contribution is -0.131. The molecule has 0 aliphatic heterocycles. The van der Waals surface area contributed by atoms with Gasteiger partial charge in [0.05, 0.1) is 5.69 Å². The summed E-state index contributed by atoms with van der Waals surface area (Å²) in [5, 5.41) is 16.8. The second kappa shape index (κ2) is 12.3. The number of nitrogens with one attached hydrogen (secondary N) is 2. The lowest BCUT2D eigenvalue weighted by Crippen LogP contribution is -2.55. The Labute approximate surface area is 261 Å². The zero-order valence-corrected chi connectivity index (χ0v) is 25.5. The minimum Gasteiger partial charge on any atom is -0.478 e. The molecule has 7 nitrogen and oxygen atoms in total. The fourth-order valence-corrected chi connectivity index (χ4v) is 7.09. The molecule has 2 amide bonds. The Balaban J connectivity index is 1.28. The second-order valence-corrected chi connectivity index (χ2v) is 12.5. The van der Waals surface area contributed by atoms with E-state index in [1.54, 1.807) is 24.3 Å². The van der Waals surface area contributed by atoms with Crippen molar-refractivity contribution in [1.29, 1.82) is 0 Å². The molecule has 0 spiro atoms. The van der Waals surface area contributed by atoms with Crippen molar-refractivity contribution in [3.8, 4) is 11.3 Å². The number of nitrogens with zero attached hydrogens (tertiary/aromatic N) is 1. The molecular weight excluding hydrogens is 574 g/mol. The van der Waals surface area contributed by atoms with Crippen LogP contribution in [0.15, 0.2) is 72.8 Å². The smallest absolute Gasteiger partial charge is 0.328 e. The van der Waals surface area contributed by atoms with E-state index in [2.05, 4.69) is 40.4 Å². The van der Waals surface area contributed by atoms with Gasteiger partial charge in [-0.05, 0) is 90.8 Å². The quantitative estimate of drug-likeness (QED) is 0.177. The van der Waals surface area contributed by atoms with E-state index in [0.717, 1.165) is 53.9 Å². The highest BCUT2D eigenvalue weighted by atomic mass is 35.5. The number of halogens is 1. The summed E-state index contributed by atoms with van der Waals surface area (Å²) in [6.45, 7) is 0. The number of rotatable bonds is 8. The average Bonchev–Trinajstić information content (AvgIpc) is 3.78. The number of carboxylic acid groups (broad SMARTS) is 1. The molecule has 0 atom stereocenters. The third kappa shape index (κ3) is 5.89. The molecule has 3 aromatic carbocycles. The molecule has 3 N–H and O–H groups in total. The number of anilines is 1. The van der Waals surface area contributed by atoms with Crippen molar-refractivity contribution in [3.05, 3.63) is 94.5 Å². The molecule has 2 saturated carbocycles. The Bertz CT molecular complexity index is 1740. The molecule has 2 fully saturated rings. The minimum absolute atomic E-state index is 0.245. The number of benzene rings is 3. The first-order valence-corrected chi connectivity index (χ1v) is 15.7. The van der Waals surface area contributed by atoms with Gasteiger partial charge in [0.15, 0.2) is 0 Å². The molecule has 0 saturated heterocycles. The predicted molar refractivity (Wildman–Crippen MR) is 175 cm³/mol. The largest absolute Gasteiger partial charge is 0.478 e. The Morgan fingerprint density at radius 3 is 2.27 bits per heavy atom. The van der Waals surface area contributed by atoms with Crippen LogP contribution in [0.5, 0.6) is 0 Å². The molecule has 226 valence electrons. The Morgan fingerprint density at radius 2 is 1.61 bits per heavy atom. The number of fused-ring (bicyclic) bond motifs is 1. The van der Waals surface area contributed by atoms with Crippen molar-refractivity contribution in [3.63, 3.8) is 0 Å². The van der Waals surface area contributed by atoms with E-state index in [1.807, 2.05) is 24.3 Å². The van der Waals surface area contributed by atoms with E-state index in [1.165, 1.54) is 24.5 Å². The summed E-state index contributed by atoms with van der Waals surface area (Å²) in [7, 11) is 2.06. The predicted octanol–water partition coefficient (Wildman–Crippen LogP) is 7.94. The van der Waals surface area contributed by atoms with Gasteiger partial charge >= 0.3 is 5.97 Å². The zero-order valence-electron chi connectivity index (χ0n) is 24.7. The lowest BCUT2D eigenvalue weighted by atomic mass is 9.91. The monoisotopic (exact) mass is 609 g/mol. The van der Waals surface area contributed by atoms with Crippen molar-refractivity contribution >= 4 is 52.1 Å². The molecule has 0 bridgehead atoms. The van der Waals surface area contributed by atoms with Gasteiger partial charge in [-0.25, -0.2) is 4.79 Å². The topological polar surface area (TPSA) is 100 Å². The van der Waals surface area contributed by atoms with E-state index in [9.17, 15) is 14.4 Å². The molecule has 1 heterocycles. The fraction of sp³-hybridized carbons (Fsp3) is 0.306. The average molecular weight is 610 g/mol. The van der Waals surface area contributed by atoms with Crippen LogP contribution in [-0.2, 0) is 16.6 Å². The van der Waals surface area contributed by atoms with Gasteiger partial charge < -0.3 is 20.3 Å². The van der Waals surface area contributed by atoms with Crippen LogP contribution < -0.4 is 10.6 Å². The van der Waals surface area contributed by atoms with Crippen LogP contribution in [0.2, 0.25) is 5.02 Å². The van der Waals surface area contributed by atoms with Crippen molar-refractivity contribution < 1.29 is 19.5 Å². The minimum atomic E-state index is -1.02. The number of hydrogen-bond donors (Lipinski definition) is 3. The van der Waals surface area contributed by atoms with Gasteiger partial charge in [0.2, 0.25) is 5.91 Å². The van der Waals surface area contributed by atoms with Crippen LogP contribution in [0, 0.1) is 0 Å². The first-order chi connectivity index (χ1) is 21.2. The molecule has 6 rings (SSSR count). The molecule has 4 aromatic rings. The van der Waals surface area contributed by atoms with Crippen molar-refractivity contribution in [2.45, 2.75) is 62.8 Å². The maximum Gasteiger partial charge on any atom is 0.328 e. The number of aryl methyl sites for hydroxylation is 1. The first-order valence-electron chi connectivity index (χ1n) is 15.3. The van der Waals surface area contributed by atoms with Gasteiger partial charge in [-0.15, -0.1) is 0 Å². The zero-order chi connectivity index (χ0) is 30.8. The highest BCUT2D eigenvalue weighted by molar-refractivity contribution is 6.30. The van der Waals surface area contributed by atoms with Gasteiger partial charge in [-0.2, -0.15) is 0 Å². The highest BCUT2D eigenvalue weighted by Crippen LogP contribution is 2.45. The molecular formula is C36H36ClN3O4. The van der Waals surface area contributed by atoms with Crippen molar-refractivity contribution in [2.75, 3.05) is 5.32 Å². The number of aromatic nitrogens is 1. The van der Waals surface area contributed by atoms with E-state index in [-0.39, 0.29) is 11.8 Å². The van der Waals surface area contributed by atoms with Gasteiger partial charge in [0, 0.05) is 40.3 Å². The third-order valence-electron chi connectivity index (χ3n) is 9.21. The third-order valence-corrected chi connectivity index (χ3v) is 9.47. The maximum absolute atomic E-state index is 13.8. The highest BCUT2D eigenvalue weighted by Gasteiger charge is 2.42. The number of amides is 2. The number of carbonyl (C=O) groups is 3. The Kier molecular flexibility index (Phi) is 8.32. The number of aliphatic carboxylic acids is 1. The fourth-order valence-electron chi connectivity index (χ4n) is 6.96. The van der Waals surface area contributed by atoms with Crippen LogP contribution in [-0.4, -0.2) is 33.0 Å². The summed E-state index contributed by atoms with van der Waals surface area (Å²) in [4.78, 5) is 38.2. The van der Waals surface area contributed by atoms with Crippen LogP contribution >= 0.6 is 11.6 Å². The summed E-state index contributed by atoms with van der Waals surface area (Å²) in [6, 6.07) is 20.8. The summed E-state index contributed by atoms with van der Waals surface area (Å²) in [5.41, 5.74) is 5.41. The summed E-state index contributed by atoms with van der Waals surface area (Å²) in [6.07, 6.45) is 10.1. The number of carboxylic acids is 1. The van der Waals surface area contributed by atoms with Gasteiger partial charge in [0.1, 0.15) is 5.54 Å². The summed E-state index contributed by atoms with van der Waals surface area (Å²) in [5.74, 6) is -1.07. The van der Waals surface area contributed by atoms with Crippen LogP contribution in [0.3, 0.4) is 0 Å². The Morgan fingerprint density at radius 1 is 0.932 bits per heavy atom. The molecule has 44 heavy (non-hydrogen) atoms. The first kappa shape index (κ1) is 29.7. The van der Waals surface area contributed by atoms with Gasteiger partial charge in [-0.3, -0.25) is 9.59 Å². The van der Waals surface area contributed by atoms with E-state index in [4.69, 9.17) is 16.7 Å². The van der Waals surface area contributed by atoms with Crippen LogP contribution in [0.4, 0.5) is 5.69 Å². The van der Waals surface area contributed by atoms with Crippen molar-refractivity contribution in [2.24, 2.45) is 7.05 Å². The van der Waals surface area contributed by atoms with Gasteiger partial charge in [0.25, 0.3) is 5.91 Å². The van der Waals surface area contributed by atoms with E-state index < -0.39 is 11.5 Å². The normalized spacial score (nSPS) is 16.5. The van der Waals surface area contributed by atoms with Crippen molar-refractivity contribution in [1.82, 2.24) is 9.88 Å². The molecule has 1 aromatic heterocycles. The standard InChI is InChI=1S/C36H36ClN3O4/c1-40-30-22-26(13-18-29(30)32(24-6-2-3-7-24)33(40)25-11-14-27(37)15-12-25)34(43)39-36(20-4-5-21-36)35(44)38-28-16-8-23(9-17-28)10-19-31(41)42/h8-19,22,24H,2-7,20-21H2,1H3,(H,38,44)(H,39,43)(H,41,42)/b19-10+. The number of carbonyl (C=O) groups excluding carboxylic acids is 2. The molecule has 0 radical (unpaired) electrons. The maximum atomic E-state index is 13.8. The molecule has 2 aliphatic carbocycles. The van der Waals surface area contributed by atoms with E-state index in [0.29, 0.717) is 40.6 Å². The lowest BCUT2D eigenvalue weighted by Gasteiger charge is -2.29. The molecule has 2 aliphatic rings. The summed E-state index contributed by atoms with van der Waals surface area (Å²) < 4.78 is 2.19.